The fourth-order valence-electron chi connectivity index (χ4n) is 3.56. The van der Waals surface area contributed by atoms with Gasteiger partial charge in [0, 0.05) is 5.02 Å². The van der Waals surface area contributed by atoms with Gasteiger partial charge in [-0.3, -0.25) is 4.79 Å². The Balaban J connectivity index is 1.58. The molecule has 2 heterocycles. The Bertz CT molecular complexity index is 975. The third-order valence-corrected chi connectivity index (χ3v) is 5.34. The van der Waals surface area contributed by atoms with E-state index in [1.54, 1.807) is 6.20 Å². The predicted molar refractivity (Wildman–Crippen MR) is 100 cm³/mol. The van der Waals surface area contributed by atoms with E-state index in [1.807, 2.05) is 35.9 Å². The molecule has 6 nitrogen and oxygen atoms in total. The van der Waals surface area contributed by atoms with E-state index in [4.69, 9.17) is 16.3 Å². The first-order valence-electron chi connectivity index (χ1n) is 8.96. The van der Waals surface area contributed by atoms with E-state index in [1.165, 1.54) is 12.8 Å². The molecule has 0 aliphatic heterocycles. The molecule has 1 fully saturated rings. The van der Waals surface area contributed by atoms with E-state index in [9.17, 15) is 4.79 Å². The Labute approximate surface area is 156 Å². The number of H-pyrrole nitrogens is 1. The number of aromatic amines is 1. The number of fused-ring (bicyclic) bond motifs is 1. The second-order valence-electron chi connectivity index (χ2n) is 6.75. The third kappa shape index (κ3) is 3.27. The van der Waals surface area contributed by atoms with Crippen LogP contribution in [0.15, 0.2) is 35.3 Å². The van der Waals surface area contributed by atoms with Gasteiger partial charge in [0.15, 0.2) is 5.65 Å². The molecular weight excluding hydrogens is 352 g/mol. The zero-order valence-corrected chi connectivity index (χ0v) is 15.4. The fraction of sp³-hybridized carbons (Fsp3) is 0.421. The van der Waals surface area contributed by atoms with Crippen molar-refractivity contribution in [1.82, 2.24) is 19.7 Å². The van der Waals surface area contributed by atoms with Crippen LogP contribution in [-0.2, 0) is 11.3 Å². The van der Waals surface area contributed by atoms with E-state index in [0.717, 1.165) is 18.4 Å². The Hall–Kier alpha value is -2.18. The topological polar surface area (TPSA) is 72.8 Å². The number of hydrogen-bond donors (Lipinski definition) is 1. The molecule has 7 heteroatoms. The Kier molecular flexibility index (Phi) is 4.78. The molecule has 1 unspecified atom stereocenters. The highest BCUT2D eigenvalue weighted by Gasteiger charge is 2.21. The normalized spacial score (nSPS) is 16.4. The van der Waals surface area contributed by atoms with Crippen molar-refractivity contribution in [2.75, 3.05) is 0 Å². The highest BCUT2D eigenvalue weighted by molar-refractivity contribution is 6.31. The monoisotopic (exact) mass is 372 g/mol. The molecule has 0 radical (unpaired) electrons. The van der Waals surface area contributed by atoms with Crippen molar-refractivity contribution in [1.29, 1.82) is 0 Å². The van der Waals surface area contributed by atoms with Crippen molar-refractivity contribution in [2.24, 2.45) is 0 Å². The number of ether oxygens (including phenoxy) is 1. The summed E-state index contributed by atoms with van der Waals surface area (Å²) in [5.74, 6) is 0.501. The second-order valence-corrected chi connectivity index (χ2v) is 7.16. The number of rotatable bonds is 5. The number of halogens is 1. The van der Waals surface area contributed by atoms with Gasteiger partial charge in [-0.25, -0.2) is 9.67 Å². The largest absolute Gasteiger partial charge is 0.366 e. The van der Waals surface area contributed by atoms with Gasteiger partial charge in [-0.05, 0) is 31.4 Å². The summed E-state index contributed by atoms with van der Waals surface area (Å²) in [5, 5.41) is 5.60. The summed E-state index contributed by atoms with van der Waals surface area (Å²) in [6.07, 6.45) is 5.96. The molecule has 136 valence electrons. The van der Waals surface area contributed by atoms with Crippen molar-refractivity contribution in [2.45, 2.75) is 51.4 Å². The molecule has 2 aromatic heterocycles. The smallest absolute Gasteiger partial charge is 0.262 e. The lowest BCUT2D eigenvalue weighted by molar-refractivity contribution is 0.0484. The predicted octanol–water partition coefficient (Wildman–Crippen LogP) is 4.17. The molecule has 1 aromatic carbocycles. The molecule has 0 spiro atoms. The molecule has 1 aliphatic carbocycles. The highest BCUT2D eigenvalue weighted by Crippen LogP contribution is 2.30. The fourth-order valence-corrected chi connectivity index (χ4v) is 3.85. The zero-order valence-electron chi connectivity index (χ0n) is 14.6. The lowest BCUT2D eigenvalue weighted by Crippen LogP contribution is -2.15. The van der Waals surface area contributed by atoms with Crippen LogP contribution >= 0.6 is 11.6 Å². The zero-order chi connectivity index (χ0) is 18.1. The summed E-state index contributed by atoms with van der Waals surface area (Å²) in [4.78, 5) is 19.8. The highest BCUT2D eigenvalue weighted by atomic mass is 35.5. The lowest BCUT2D eigenvalue weighted by Gasteiger charge is -2.15. The molecular formula is C19H21ClN4O2. The summed E-state index contributed by atoms with van der Waals surface area (Å²) in [6, 6.07) is 7.91. The number of aromatic nitrogens is 4. The van der Waals surface area contributed by atoms with Crippen LogP contribution in [-0.4, -0.2) is 19.7 Å². The Morgan fingerprint density at radius 2 is 2.12 bits per heavy atom. The van der Waals surface area contributed by atoms with Crippen LogP contribution in [0, 0.1) is 0 Å². The van der Waals surface area contributed by atoms with Gasteiger partial charge in [0.25, 0.3) is 5.56 Å². The molecule has 0 bridgehead atoms. The SMILES string of the molecule is CC(OCc1nc2c(cnn2C2CCCC2)c(=O)[nH]1)c1ccccc1Cl. The molecule has 3 aromatic rings. The van der Waals surface area contributed by atoms with Gasteiger partial charge < -0.3 is 9.72 Å². The van der Waals surface area contributed by atoms with Crippen LogP contribution < -0.4 is 5.56 Å². The van der Waals surface area contributed by atoms with Crippen LogP contribution in [0.25, 0.3) is 11.0 Å². The van der Waals surface area contributed by atoms with Gasteiger partial charge in [-0.1, -0.05) is 42.6 Å². The van der Waals surface area contributed by atoms with E-state index in [2.05, 4.69) is 15.1 Å². The van der Waals surface area contributed by atoms with Gasteiger partial charge in [-0.15, -0.1) is 0 Å². The Morgan fingerprint density at radius 1 is 1.35 bits per heavy atom. The number of nitrogens with one attached hydrogen (secondary N) is 1. The minimum atomic E-state index is -0.204. The molecule has 26 heavy (non-hydrogen) atoms. The quantitative estimate of drug-likeness (QED) is 0.729. The van der Waals surface area contributed by atoms with Crippen molar-refractivity contribution >= 4 is 22.6 Å². The molecule has 4 rings (SSSR count). The van der Waals surface area contributed by atoms with Crippen LogP contribution in [0.3, 0.4) is 0 Å². The maximum atomic E-state index is 12.4. The lowest BCUT2D eigenvalue weighted by atomic mass is 10.1. The van der Waals surface area contributed by atoms with Gasteiger partial charge in [0.1, 0.15) is 17.8 Å². The van der Waals surface area contributed by atoms with Crippen LogP contribution in [0.2, 0.25) is 5.02 Å². The molecule has 1 saturated carbocycles. The molecule has 1 N–H and O–H groups in total. The summed E-state index contributed by atoms with van der Waals surface area (Å²) < 4.78 is 7.80. The maximum Gasteiger partial charge on any atom is 0.262 e. The summed E-state index contributed by atoms with van der Waals surface area (Å²) >= 11 is 6.22. The maximum absolute atomic E-state index is 12.4. The van der Waals surface area contributed by atoms with Gasteiger partial charge in [0.05, 0.1) is 18.3 Å². The van der Waals surface area contributed by atoms with E-state index in [-0.39, 0.29) is 18.3 Å². The van der Waals surface area contributed by atoms with Crippen LogP contribution in [0.4, 0.5) is 0 Å². The van der Waals surface area contributed by atoms with Gasteiger partial charge in [-0.2, -0.15) is 5.10 Å². The van der Waals surface area contributed by atoms with Crippen molar-refractivity contribution in [3.05, 3.63) is 57.2 Å². The van der Waals surface area contributed by atoms with Crippen molar-refractivity contribution in [3.8, 4) is 0 Å². The van der Waals surface area contributed by atoms with Crippen molar-refractivity contribution < 1.29 is 4.74 Å². The number of nitrogens with zero attached hydrogens (tertiary/aromatic N) is 3. The first kappa shape index (κ1) is 17.2. The Morgan fingerprint density at radius 3 is 2.88 bits per heavy atom. The first-order valence-corrected chi connectivity index (χ1v) is 9.33. The minimum Gasteiger partial charge on any atom is -0.366 e. The average Bonchev–Trinajstić information content (AvgIpc) is 3.29. The van der Waals surface area contributed by atoms with E-state index < -0.39 is 0 Å². The van der Waals surface area contributed by atoms with Crippen molar-refractivity contribution in [3.63, 3.8) is 0 Å². The van der Waals surface area contributed by atoms with E-state index in [0.29, 0.717) is 27.9 Å². The van der Waals surface area contributed by atoms with E-state index >= 15 is 0 Å². The summed E-state index contributed by atoms with van der Waals surface area (Å²) in [7, 11) is 0. The molecule has 1 atom stereocenters. The average molecular weight is 373 g/mol. The minimum absolute atomic E-state index is 0.178. The van der Waals surface area contributed by atoms with Gasteiger partial charge in [0.2, 0.25) is 0 Å². The molecule has 0 amide bonds. The third-order valence-electron chi connectivity index (χ3n) is 5.00. The van der Waals surface area contributed by atoms with Gasteiger partial charge >= 0.3 is 0 Å². The standard InChI is InChI=1S/C19H21ClN4O2/c1-12(14-8-4-5-9-16(14)20)26-11-17-22-18-15(19(25)23-17)10-21-24(18)13-6-2-3-7-13/h4-5,8-10,12-13H,2-3,6-7,11H2,1H3,(H,22,23,25). The second kappa shape index (κ2) is 7.21. The number of benzene rings is 1. The first-order chi connectivity index (χ1) is 12.6. The number of hydrogen-bond acceptors (Lipinski definition) is 4. The molecule has 1 aliphatic rings. The van der Waals surface area contributed by atoms with Crippen LogP contribution in [0.1, 0.15) is 56.1 Å². The molecule has 0 saturated heterocycles. The van der Waals surface area contributed by atoms with Crippen LogP contribution in [0.5, 0.6) is 0 Å². The summed E-state index contributed by atoms with van der Waals surface area (Å²) in [5.41, 5.74) is 1.38. The summed E-state index contributed by atoms with van der Waals surface area (Å²) in [6.45, 7) is 2.13.